The summed E-state index contributed by atoms with van der Waals surface area (Å²) in [5, 5.41) is 15.1. The van der Waals surface area contributed by atoms with Crippen LogP contribution in [-0.2, 0) is 4.74 Å². The number of aromatic nitrogens is 3. The van der Waals surface area contributed by atoms with Crippen molar-refractivity contribution >= 4 is 17.0 Å². The normalized spacial score (nSPS) is 22.7. The summed E-state index contributed by atoms with van der Waals surface area (Å²) in [5.41, 5.74) is 3.52. The fraction of sp³-hybridized carbons (Fsp3) is 0.485. The van der Waals surface area contributed by atoms with Crippen molar-refractivity contribution in [2.75, 3.05) is 40.0 Å². The van der Waals surface area contributed by atoms with E-state index >= 15 is 0 Å². The molecule has 0 spiro atoms. The number of aliphatic hydroxyl groups is 1. The van der Waals surface area contributed by atoms with Crippen LogP contribution in [0.4, 0.5) is 0 Å². The number of piperazine rings is 1. The van der Waals surface area contributed by atoms with Crippen LogP contribution in [0.15, 0.2) is 53.2 Å². The Bertz CT molecular complexity index is 1560. The van der Waals surface area contributed by atoms with Gasteiger partial charge in [0.15, 0.2) is 17.2 Å². The lowest BCUT2D eigenvalue weighted by atomic mass is 9.80. The zero-order chi connectivity index (χ0) is 30.0. The molecule has 1 amide bonds. The van der Waals surface area contributed by atoms with Gasteiger partial charge in [-0.05, 0) is 31.4 Å². The zero-order valence-electron chi connectivity index (χ0n) is 25.2. The SMILES string of the molecule is COC[C@]1(O)CCCC[C@H]1n1cnc(C(=O)N2CCNC[C@H]2CCOc2cc3nc(C)oc3cc2C)c1-c1ccccc1. The number of carbonyl (C=O) groups is 1. The number of nitrogens with zero attached hydrogens (tertiary/aromatic N) is 4. The van der Waals surface area contributed by atoms with Crippen LogP contribution in [0.3, 0.4) is 0 Å². The number of aryl methyl sites for hydroxylation is 2. The highest BCUT2D eigenvalue weighted by Crippen LogP contribution is 2.41. The second-order valence-electron chi connectivity index (χ2n) is 11.8. The number of rotatable bonds is 9. The van der Waals surface area contributed by atoms with Crippen LogP contribution < -0.4 is 10.1 Å². The summed E-state index contributed by atoms with van der Waals surface area (Å²) in [6.07, 6.45) is 5.76. The van der Waals surface area contributed by atoms with E-state index in [2.05, 4.69) is 10.3 Å². The number of ether oxygens (including phenoxy) is 2. The quantitative estimate of drug-likeness (QED) is 0.290. The fourth-order valence-corrected chi connectivity index (χ4v) is 6.71. The van der Waals surface area contributed by atoms with Crippen molar-refractivity contribution in [1.29, 1.82) is 0 Å². The average Bonchev–Trinajstić information content (AvgIpc) is 3.60. The number of methoxy groups -OCH3 is 1. The zero-order valence-corrected chi connectivity index (χ0v) is 25.2. The molecule has 3 atom stereocenters. The van der Waals surface area contributed by atoms with Gasteiger partial charge >= 0.3 is 0 Å². The molecular formula is C33H41N5O5. The summed E-state index contributed by atoms with van der Waals surface area (Å²) in [6.45, 7) is 6.46. The molecule has 0 unspecified atom stereocenters. The minimum atomic E-state index is -1.03. The molecule has 1 saturated heterocycles. The number of imidazole rings is 1. The first-order valence-corrected chi connectivity index (χ1v) is 15.2. The van der Waals surface area contributed by atoms with Crippen LogP contribution in [0, 0.1) is 13.8 Å². The van der Waals surface area contributed by atoms with Crippen molar-refractivity contribution in [3.05, 3.63) is 65.9 Å². The molecule has 2 fully saturated rings. The number of carbonyl (C=O) groups excluding carboxylic acids is 1. The highest BCUT2D eigenvalue weighted by Gasteiger charge is 2.42. The summed E-state index contributed by atoms with van der Waals surface area (Å²) < 4.78 is 19.3. The van der Waals surface area contributed by atoms with E-state index in [-0.39, 0.29) is 24.6 Å². The molecule has 6 rings (SSSR count). The topological polar surface area (TPSA) is 115 Å². The molecule has 1 aliphatic heterocycles. The molecule has 2 aliphatic rings. The van der Waals surface area contributed by atoms with Crippen molar-refractivity contribution in [3.63, 3.8) is 0 Å². The van der Waals surface area contributed by atoms with Gasteiger partial charge in [0.1, 0.15) is 16.9 Å². The summed E-state index contributed by atoms with van der Waals surface area (Å²) in [4.78, 5) is 25.4. The Morgan fingerprint density at radius 2 is 2.05 bits per heavy atom. The lowest BCUT2D eigenvalue weighted by Gasteiger charge is -2.41. The Morgan fingerprint density at radius 3 is 2.86 bits per heavy atom. The molecule has 228 valence electrons. The first-order valence-electron chi connectivity index (χ1n) is 15.2. The number of amides is 1. The number of oxazole rings is 1. The van der Waals surface area contributed by atoms with Crippen molar-refractivity contribution in [1.82, 2.24) is 24.8 Å². The first kappa shape index (κ1) is 29.3. The van der Waals surface area contributed by atoms with Gasteiger partial charge in [-0.15, -0.1) is 0 Å². The Balaban J connectivity index is 1.25. The van der Waals surface area contributed by atoms with Crippen molar-refractivity contribution < 1.29 is 23.8 Å². The summed E-state index contributed by atoms with van der Waals surface area (Å²) >= 11 is 0. The maximum atomic E-state index is 14.3. The molecule has 0 bridgehead atoms. The molecule has 4 aromatic rings. The van der Waals surface area contributed by atoms with Gasteiger partial charge in [-0.3, -0.25) is 4.79 Å². The lowest BCUT2D eigenvalue weighted by molar-refractivity contribution is -0.0893. The van der Waals surface area contributed by atoms with Gasteiger partial charge in [0.25, 0.3) is 5.91 Å². The monoisotopic (exact) mass is 587 g/mol. The smallest absolute Gasteiger partial charge is 0.275 e. The van der Waals surface area contributed by atoms with E-state index in [4.69, 9.17) is 18.9 Å². The Morgan fingerprint density at radius 1 is 1.21 bits per heavy atom. The van der Waals surface area contributed by atoms with Crippen LogP contribution in [0.1, 0.15) is 60.1 Å². The predicted octanol–water partition coefficient (Wildman–Crippen LogP) is 4.68. The van der Waals surface area contributed by atoms with Crippen LogP contribution >= 0.6 is 0 Å². The molecule has 2 N–H and O–H groups in total. The molecule has 2 aromatic carbocycles. The van der Waals surface area contributed by atoms with Crippen LogP contribution in [0.2, 0.25) is 0 Å². The molecule has 2 aromatic heterocycles. The number of fused-ring (bicyclic) bond motifs is 1. The second-order valence-corrected chi connectivity index (χ2v) is 11.8. The third-order valence-corrected chi connectivity index (χ3v) is 8.84. The molecule has 1 aliphatic carbocycles. The second kappa shape index (κ2) is 12.5. The van der Waals surface area contributed by atoms with Crippen molar-refractivity contribution in [3.8, 4) is 17.0 Å². The standard InChI is InChI=1S/C33H41N5O5/c1-22-17-28-26(36-23(2)43-28)18-27(22)42-16-12-25-19-34-14-15-37(25)32(39)30-31(24-9-5-4-6-10-24)38(21-35-30)29-11-7-8-13-33(29,40)20-41-3/h4-6,9-10,17-18,21,25,29,34,40H,7-8,11-16,19-20H2,1-3H3/t25-,29-,33-/m1/s1. The highest BCUT2D eigenvalue weighted by atomic mass is 16.5. The van der Waals surface area contributed by atoms with Gasteiger partial charge in [-0.2, -0.15) is 0 Å². The third-order valence-electron chi connectivity index (χ3n) is 8.84. The maximum Gasteiger partial charge on any atom is 0.275 e. The summed E-state index contributed by atoms with van der Waals surface area (Å²) in [6, 6.07) is 13.5. The first-order chi connectivity index (χ1) is 20.9. The molecule has 10 heteroatoms. The average molecular weight is 588 g/mol. The van der Waals surface area contributed by atoms with E-state index in [1.165, 1.54) is 0 Å². The van der Waals surface area contributed by atoms with E-state index in [0.29, 0.717) is 50.7 Å². The summed E-state index contributed by atoms with van der Waals surface area (Å²) in [5.74, 6) is 1.28. The molecule has 3 heterocycles. The van der Waals surface area contributed by atoms with E-state index in [1.54, 1.807) is 13.4 Å². The van der Waals surface area contributed by atoms with Gasteiger partial charge < -0.3 is 33.8 Å². The Kier molecular flexibility index (Phi) is 8.52. The van der Waals surface area contributed by atoms with Crippen molar-refractivity contribution in [2.45, 2.75) is 63.6 Å². The third kappa shape index (κ3) is 5.91. The lowest BCUT2D eigenvalue weighted by Crippen LogP contribution is -2.54. The predicted molar refractivity (Wildman–Crippen MR) is 163 cm³/mol. The number of nitrogens with one attached hydrogen (secondary N) is 1. The molecule has 1 saturated carbocycles. The number of hydrogen-bond acceptors (Lipinski definition) is 8. The minimum absolute atomic E-state index is 0.0616. The van der Waals surface area contributed by atoms with E-state index in [9.17, 15) is 9.90 Å². The molecular weight excluding hydrogens is 546 g/mol. The fourth-order valence-electron chi connectivity index (χ4n) is 6.71. The largest absolute Gasteiger partial charge is 0.493 e. The maximum absolute atomic E-state index is 14.3. The minimum Gasteiger partial charge on any atom is -0.493 e. The van der Waals surface area contributed by atoms with Crippen LogP contribution in [0.25, 0.3) is 22.4 Å². The van der Waals surface area contributed by atoms with Crippen molar-refractivity contribution in [2.24, 2.45) is 0 Å². The van der Waals surface area contributed by atoms with Gasteiger partial charge in [0.2, 0.25) is 0 Å². The molecule has 43 heavy (non-hydrogen) atoms. The van der Waals surface area contributed by atoms with Gasteiger partial charge in [0.05, 0.1) is 31.3 Å². The van der Waals surface area contributed by atoms with Gasteiger partial charge in [-0.1, -0.05) is 43.2 Å². The van der Waals surface area contributed by atoms with Crippen LogP contribution in [-0.4, -0.2) is 82.0 Å². The summed E-state index contributed by atoms with van der Waals surface area (Å²) in [7, 11) is 1.62. The van der Waals surface area contributed by atoms with E-state index in [1.807, 2.05) is 65.8 Å². The van der Waals surface area contributed by atoms with E-state index in [0.717, 1.165) is 52.9 Å². The Labute approximate surface area is 252 Å². The highest BCUT2D eigenvalue weighted by molar-refractivity contribution is 5.98. The Hall–Kier alpha value is -3.73. The van der Waals surface area contributed by atoms with Crippen LogP contribution in [0.5, 0.6) is 5.75 Å². The molecule has 10 nitrogen and oxygen atoms in total. The van der Waals surface area contributed by atoms with Gasteiger partial charge in [0, 0.05) is 57.8 Å². The number of benzene rings is 2. The molecule has 0 radical (unpaired) electrons. The van der Waals surface area contributed by atoms with E-state index < -0.39 is 5.60 Å². The number of hydrogen-bond donors (Lipinski definition) is 2. The van der Waals surface area contributed by atoms with Gasteiger partial charge in [-0.25, -0.2) is 9.97 Å².